The molecule has 0 saturated carbocycles. The van der Waals surface area contributed by atoms with Crippen LogP contribution in [0.1, 0.15) is 18.5 Å². The second-order valence-electron chi connectivity index (χ2n) is 2.76. The molecular formula is C8H9N4Re-. The van der Waals surface area contributed by atoms with Gasteiger partial charge in [0.05, 0.1) is 6.33 Å². The molecule has 0 aromatic carbocycles. The Hall–Kier alpha value is -0.788. The number of aromatic amines is 1. The van der Waals surface area contributed by atoms with E-state index in [1.807, 2.05) is 6.92 Å². The molecule has 2 aromatic rings. The summed E-state index contributed by atoms with van der Waals surface area (Å²) in [7, 11) is 0. The number of imidazole rings is 1. The first-order valence-corrected chi connectivity index (χ1v) is 3.76. The summed E-state index contributed by atoms with van der Waals surface area (Å²) in [6.45, 7) is 5.89. The molecule has 2 heterocycles. The molecule has 0 spiro atoms. The monoisotopic (exact) mass is 348 g/mol. The fraction of sp³-hybridized carbons (Fsp3) is 0.250. The molecule has 0 saturated heterocycles. The van der Waals surface area contributed by atoms with Crippen LogP contribution < -0.4 is 0 Å². The molecule has 0 aliphatic rings. The third-order valence-electron chi connectivity index (χ3n) is 1.72. The van der Waals surface area contributed by atoms with Crippen LogP contribution in [0.25, 0.3) is 11.2 Å². The minimum Gasteiger partial charge on any atom is -0.342 e. The molecular weight excluding hydrogens is 338 g/mol. The predicted octanol–water partition coefficient (Wildman–Crippen LogP) is 1.29. The summed E-state index contributed by atoms with van der Waals surface area (Å²) >= 11 is 0. The van der Waals surface area contributed by atoms with Crippen LogP contribution in [0.15, 0.2) is 12.7 Å². The number of H-pyrrole nitrogens is 1. The summed E-state index contributed by atoms with van der Waals surface area (Å²) in [6, 6.07) is 0. The van der Waals surface area contributed by atoms with Crippen LogP contribution in [0.4, 0.5) is 0 Å². The Kier molecular flexibility index (Phi) is 3.13. The van der Waals surface area contributed by atoms with E-state index in [-0.39, 0.29) is 26.3 Å². The number of hydrogen-bond donors (Lipinski definition) is 1. The minimum atomic E-state index is 0. The van der Waals surface area contributed by atoms with Crippen molar-refractivity contribution in [2.24, 2.45) is 0 Å². The maximum absolute atomic E-state index is 4.13. The van der Waals surface area contributed by atoms with Gasteiger partial charge >= 0.3 is 0 Å². The minimum absolute atomic E-state index is 0. The van der Waals surface area contributed by atoms with Crippen molar-refractivity contribution < 1.29 is 20.4 Å². The van der Waals surface area contributed by atoms with Gasteiger partial charge in [-0.1, -0.05) is 6.92 Å². The van der Waals surface area contributed by atoms with Gasteiger partial charge in [-0.05, 0) is 0 Å². The molecule has 0 bridgehead atoms. The largest absolute Gasteiger partial charge is 0.342 e. The Balaban J connectivity index is 0.000000845. The number of rotatable bonds is 1. The zero-order valence-corrected chi connectivity index (χ0v) is 9.87. The summed E-state index contributed by atoms with van der Waals surface area (Å²) in [5.41, 5.74) is 2.51. The van der Waals surface area contributed by atoms with Crippen molar-refractivity contribution in [1.82, 2.24) is 19.9 Å². The van der Waals surface area contributed by atoms with Crippen LogP contribution in [-0.2, 0) is 20.4 Å². The van der Waals surface area contributed by atoms with Crippen LogP contribution >= 0.6 is 0 Å². The van der Waals surface area contributed by atoms with E-state index in [4.69, 9.17) is 0 Å². The molecule has 1 unspecified atom stereocenters. The number of fused-ring (bicyclic) bond motifs is 1. The predicted molar refractivity (Wildman–Crippen MR) is 45.5 cm³/mol. The van der Waals surface area contributed by atoms with Crippen molar-refractivity contribution >= 4 is 11.2 Å². The molecule has 1 radical (unpaired) electrons. The second-order valence-corrected chi connectivity index (χ2v) is 2.76. The van der Waals surface area contributed by atoms with Crippen molar-refractivity contribution in [3.8, 4) is 0 Å². The first-order chi connectivity index (χ1) is 5.79. The van der Waals surface area contributed by atoms with Crippen molar-refractivity contribution in [2.45, 2.75) is 12.8 Å². The van der Waals surface area contributed by atoms with Gasteiger partial charge < -0.3 is 11.9 Å². The van der Waals surface area contributed by atoms with Gasteiger partial charge in [0.1, 0.15) is 11.8 Å². The van der Waals surface area contributed by atoms with Crippen molar-refractivity contribution in [3.05, 3.63) is 25.3 Å². The van der Waals surface area contributed by atoms with Gasteiger partial charge in [-0.15, -0.1) is 5.92 Å². The van der Waals surface area contributed by atoms with Crippen molar-refractivity contribution in [3.63, 3.8) is 0 Å². The van der Waals surface area contributed by atoms with Gasteiger partial charge in [-0.2, -0.15) is 0 Å². The van der Waals surface area contributed by atoms with E-state index < -0.39 is 0 Å². The molecule has 0 fully saturated rings. The summed E-state index contributed by atoms with van der Waals surface area (Å²) in [4.78, 5) is 15.2. The molecule has 0 aliphatic carbocycles. The van der Waals surface area contributed by atoms with Gasteiger partial charge in [0.15, 0.2) is 5.65 Å². The Labute approximate surface area is 89.9 Å². The van der Waals surface area contributed by atoms with Gasteiger partial charge in [-0.3, -0.25) is 0 Å². The maximum atomic E-state index is 4.13. The van der Waals surface area contributed by atoms with E-state index >= 15 is 0 Å². The Bertz CT molecular complexity index is 396. The van der Waals surface area contributed by atoms with Crippen LogP contribution in [0.5, 0.6) is 0 Å². The molecule has 5 heteroatoms. The van der Waals surface area contributed by atoms with Gasteiger partial charge in [0.25, 0.3) is 0 Å². The van der Waals surface area contributed by atoms with Crippen molar-refractivity contribution in [1.29, 1.82) is 0 Å². The molecule has 69 valence electrons. The Morgan fingerprint density at radius 3 is 2.85 bits per heavy atom. The second kappa shape index (κ2) is 3.95. The van der Waals surface area contributed by atoms with Crippen LogP contribution in [0, 0.1) is 6.92 Å². The van der Waals surface area contributed by atoms with E-state index in [0.717, 1.165) is 11.2 Å². The summed E-state index contributed by atoms with van der Waals surface area (Å²) in [5, 5.41) is 0. The first-order valence-electron chi connectivity index (χ1n) is 3.76. The van der Waals surface area contributed by atoms with E-state index in [1.165, 1.54) is 6.33 Å². The summed E-state index contributed by atoms with van der Waals surface area (Å²) in [5.74, 6) is 0.149. The quantitative estimate of drug-likeness (QED) is 0.791. The molecule has 0 aliphatic heterocycles. The molecule has 1 N–H and O–H groups in total. The molecule has 2 aromatic heterocycles. The normalized spacial score (nSPS) is 12.5. The van der Waals surface area contributed by atoms with E-state index in [2.05, 4.69) is 26.9 Å². The van der Waals surface area contributed by atoms with Gasteiger partial charge in [-0.25, -0.2) is 15.0 Å². The molecule has 2 rings (SSSR count). The molecule has 4 nitrogen and oxygen atoms in total. The third-order valence-corrected chi connectivity index (χ3v) is 1.72. The van der Waals surface area contributed by atoms with E-state index in [9.17, 15) is 0 Å². The molecule has 1 atom stereocenters. The number of nitrogens with one attached hydrogen (secondary N) is 1. The average molecular weight is 347 g/mol. The van der Waals surface area contributed by atoms with E-state index in [0.29, 0.717) is 5.65 Å². The van der Waals surface area contributed by atoms with Gasteiger partial charge in [0.2, 0.25) is 0 Å². The average Bonchev–Trinajstić information content (AvgIpc) is 2.49. The van der Waals surface area contributed by atoms with Crippen LogP contribution in [-0.4, -0.2) is 19.9 Å². The number of aromatic nitrogens is 4. The maximum Gasteiger partial charge on any atom is 0.180 e. The van der Waals surface area contributed by atoms with Crippen molar-refractivity contribution in [2.75, 3.05) is 0 Å². The smallest absolute Gasteiger partial charge is 0.180 e. The van der Waals surface area contributed by atoms with Crippen LogP contribution in [0.2, 0.25) is 0 Å². The zero-order chi connectivity index (χ0) is 8.55. The standard InChI is InChI=1S/C8H9N4.Re/c1-5(2)6-7-8(11-3-9-6)12-4-10-7;/h3-5H,1H2,2H3,(H,9,10,11,12);/q-1;. The fourth-order valence-electron chi connectivity index (χ4n) is 1.16. The first kappa shape index (κ1) is 10.3. The number of nitrogens with zero attached hydrogens (tertiary/aromatic N) is 3. The topological polar surface area (TPSA) is 54.5 Å². The summed E-state index contributed by atoms with van der Waals surface area (Å²) in [6.07, 6.45) is 3.13. The SMILES string of the molecule is [CH2-]C(C)c1ncnc2nc[nH]c12.[Re]. The Morgan fingerprint density at radius 1 is 1.38 bits per heavy atom. The molecule has 13 heavy (non-hydrogen) atoms. The molecule has 0 amide bonds. The fourth-order valence-corrected chi connectivity index (χ4v) is 1.16. The van der Waals surface area contributed by atoms with Gasteiger partial charge in [0, 0.05) is 26.1 Å². The Morgan fingerprint density at radius 2 is 2.15 bits per heavy atom. The zero-order valence-electron chi connectivity index (χ0n) is 7.16. The summed E-state index contributed by atoms with van der Waals surface area (Å²) < 4.78 is 0. The number of hydrogen-bond acceptors (Lipinski definition) is 3. The van der Waals surface area contributed by atoms with Crippen LogP contribution in [0.3, 0.4) is 0 Å². The van der Waals surface area contributed by atoms with E-state index in [1.54, 1.807) is 6.33 Å². The third kappa shape index (κ3) is 1.77.